The fourth-order valence-corrected chi connectivity index (χ4v) is 6.24. The molecule has 0 aromatic carbocycles. The SMILES string of the molecule is O=c1cc2c(nn1CC1CCN(CC3CCS(=O)(=O)CC3)CC1)CCC2. The predicted molar refractivity (Wildman–Crippen MR) is 101 cm³/mol. The zero-order valence-corrected chi connectivity index (χ0v) is 16.2. The highest BCUT2D eigenvalue weighted by molar-refractivity contribution is 7.91. The Labute approximate surface area is 155 Å². The van der Waals surface area contributed by atoms with Gasteiger partial charge in [0.25, 0.3) is 5.56 Å². The van der Waals surface area contributed by atoms with Gasteiger partial charge in [0.15, 0.2) is 0 Å². The van der Waals surface area contributed by atoms with E-state index in [1.54, 1.807) is 10.7 Å². The predicted octanol–water partition coefficient (Wildman–Crippen LogP) is 1.27. The highest BCUT2D eigenvalue weighted by atomic mass is 32.2. The first-order valence-electron chi connectivity index (χ1n) is 10.0. The first-order chi connectivity index (χ1) is 12.5. The van der Waals surface area contributed by atoms with Crippen molar-refractivity contribution in [1.82, 2.24) is 14.7 Å². The van der Waals surface area contributed by atoms with E-state index in [1.165, 1.54) is 0 Å². The molecule has 0 spiro atoms. The normalized spacial score (nSPS) is 24.6. The molecule has 0 unspecified atom stereocenters. The summed E-state index contributed by atoms with van der Waals surface area (Å²) in [6.45, 7) is 3.86. The molecule has 1 aliphatic carbocycles. The number of piperidine rings is 1. The second-order valence-electron chi connectivity index (χ2n) is 8.33. The number of aryl methyl sites for hydroxylation is 2. The van der Waals surface area contributed by atoms with Crippen molar-refractivity contribution < 1.29 is 8.42 Å². The van der Waals surface area contributed by atoms with Crippen LogP contribution >= 0.6 is 0 Å². The topological polar surface area (TPSA) is 72.3 Å². The Balaban J connectivity index is 1.27. The third kappa shape index (κ3) is 4.19. The Kier molecular flexibility index (Phi) is 5.19. The number of rotatable bonds is 4. The molecule has 26 heavy (non-hydrogen) atoms. The highest BCUT2D eigenvalue weighted by Gasteiger charge is 2.27. The van der Waals surface area contributed by atoms with Crippen LogP contribution in [-0.4, -0.2) is 54.2 Å². The Morgan fingerprint density at radius 3 is 2.42 bits per heavy atom. The summed E-state index contributed by atoms with van der Waals surface area (Å²) in [5.74, 6) is 1.76. The van der Waals surface area contributed by atoms with Gasteiger partial charge in [-0.3, -0.25) is 4.79 Å². The summed E-state index contributed by atoms with van der Waals surface area (Å²) in [5, 5.41) is 4.61. The second kappa shape index (κ2) is 7.43. The number of nitrogens with zero attached hydrogens (tertiary/aromatic N) is 3. The zero-order valence-electron chi connectivity index (χ0n) is 15.4. The van der Waals surface area contributed by atoms with Crippen LogP contribution in [0.1, 0.15) is 43.4 Å². The molecule has 1 aromatic heterocycles. The quantitative estimate of drug-likeness (QED) is 0.788. The van der Waals surface area contributed by atoms with Crippen molar-refractivity contribution in [2.45, 2.75) is 51.5 Å². The van der Waals surface area contributed by atoms with Crippen molar-refractivity contribution in [2.75, 3.05) is 31.1 Å². The lowest BCUT2D eigenvalue weighted by atomic mass is 9.94. The maximum Gasteiger partial charge on any atom is 0.267 e. The van der Waals surface area contributed by atoms with Gasteiger partial charge < -0.3 is 4.90 Å². The van der Waals surface area contributed by atoms with E-state index in [4.69, 9.17) is 0 Å². The Morgan fingerprint density at radius 2 is 1.69 bits per heavy atom. The minimum Gasteiger partial charge on any atom is -0.303 e. The van der Waals surface area contributed by atoms with Gasteiger partial charge in [-0.1, -0.05) is 0 Å². The number of hydrogen-bond acceptors (Lipinski definition) is 5. The molecule has 7 heteroatoms. The van der Waals surface area contributed by atoms with Crippen LogP contribution in [0.5, 0.6) is 0 Å². The Morgan fingerprint density at radius 1 is 1.00 bits per heavy atom. The van der Waals surface area contributed by atoms with Crippen LogP contribution in [0.2, 0.25) is 0 Å². The molecule has 0 radical (unpaired) electrons. The fourth-order valence-electron chi connectivity index (χ4n) is 4.65. The molecule has 3 heterocycles. The molecule has 0 N–H and O–H groups in total. The molecule has 3 aliphatic rings. The summed E-state index contributed by atoms with van der Waals surface area (Å²) in [5.41, 5.74) is 2.32. The van der Waals surface area contributed by atoms with Crippen LogP contribution in [0.25, 0.3) is 0 Å². The monoisotopic (exact) mass is 379 g/mol. The standard InChI is InChI=1S/C19H29N3O3S/c23-19-12-17-2-1-3-18(17)20-22(19)14-15-4-8-21(9-5-15)13-16-6-10-26(24,25)11-7-16/h12,15-16H,1-11,13-14H2. The minimum atomic E-state index is -2.77. The van der Waals surface area contributed by atoms with E-state index >= 15 is 0 Å². The second-order valence-corrected chi connectivity index (χ2v) is 10.6. The van der Waals surface area contributed by atoms with Crippen molar-refractivity contribution in [1.29, 1.82) is 0 Å². The van der Waals surface area contributed by atoms with E-state index in [0.29, 0.717) is 23.3 Å². The van der Waals surface area contributed by atoms with Gasteiger partial charge in [0.1, 0.15) is 9.84 Å². The van der Waals surface area contributed by atoms with Gasteiger partial charge >= 0.3 is 0 Å². The lowest BCUT2D eigenvalue weighted by molar-refractivity contribution is 0.145. The van der Waals surface area contributed by atoms with E-state index in [-0.39, 0.29) is 5.56 Å². The van der Waals surface area contributed by atoms with Crippen molar-refractivity contribution in [3.63, 3.8) is 0 Å². The third-order valence-corrected chi connectivity index (χ3v) is 8.07. The van der Waals surface area contributed by atoms with Crippen LogP contribution in [0.15, 0.2) is 10.9 Å². The Hall–Kier alpha value is -1.21. The number of sulfone groups is 1. The fraction of sp³-hybridized carbons (Fsp3) is 0.789. The Bertz CT molecular complexity index is 796. The molecule has 0 saturated carbocycles. The molecular formula is C19H29N3O3S. The molecule has 2 aliphatic heterocycles. The van der Waals surface area contributed by atoms with E-state index < -0.39 is 9.84 Å². The first-order valence-corrected chi connectivity index (χ1v) is 11.8. The van der Waals surface area contributed by atoms with Crippen LogP contribution in [0.3, 0.4) is 0 Å². The van der Waals surface area contributed by atoms with Crippen molar-refractivity contribution in [3.05, 3.63) is 27.7 Å². The maximum absolute atomic E-state index is 12.3. The smallest absolute Gasteiger partial charge is 0.267 e. The first kappa shape index (κ1) is 18.2. The summed E-state index contributed by atoms with van der Waals surface area (Å²) in [4.78, 5) is 14.8. The molecule has 0 amide bonds. The van der Waals surface area contributed by atoms with Gasteiger partial charge in [-0.05, 0) is 75.4 Å². The van der Waals surface area contributed by atoms with Gasteiger partial charge in [-0.15, -0.1) is 0 Å². The summed E-state index contributed by atoms with van der Waals surface area (Å²) in [6, 6.07) is 1.79. The molecule has 6 nitrogen and oxygen atoms in total. The van der Waals surface area contributed by atoms with Crippen molar-refractivity contribution >= 4 is 9.84 Å². The molecular weight excluding hydrogens is 350 g/mol. The minimum absolute atomic E-state index is 0.0523. The van der Waals surface area contributed by atoms with Crippen molar-refractivity contribution in [2.24, 2.45) is 11.8 Å². The van der Waals surface area contributed by atoms with Crippen LogP contribution in [-0.2, 0) is 29.2 Å². The average Bonchev–Trinajstić information content (AvgIpc) is 3.06. The van der Waals surface area contributed by atoms with Gasteiger partial charge in [0.2, 0.25) is 0 Å². The molecule has 0 atom stereocenters. The van der Waals surface area contributed by atoms with Gasteiger partial charge in [0.05, 0.1) is 17.2 Å². The van der Waals surface area contributed by atoms with E-state index in [1.807, 2.05) is 0 Å². The molecule has 144 valence electrons. The summed E-state index contributed by atoms with van der Waals surface area (Å²) >= 11 is 0. The van der Waals surface area contributed by atoms with Gasteiger partial charge in [0, 0.05) is 19.2 Å². The van der Waals surface area contributed by atoms with Crippen LogP contribution in [0.4, 0.5) is 0 Å². The molecule has 2 saturated heterocycles. The number of fused-ring (bicyclic) bond motifs is 1. The lowest BCUT2D eigenvalue weighted by Crippen LogP contribution is -2.40. The van der Waals surface area contributed by atoms with Crippen molar-refractivity contribution in [3.8, 4) is 0 Å². The van der Waals surface area contributed by atoms with E-state index in [9.17, 15) is 13.2 Å². The van der Waals surface area contributed by atoms with Crippen LogP contribution < -0.4 is 5.56 Å². The summed E-state index contributed by atoms with van der Waals surface area (Å²) in [7, 11) is -2.77. The number of likely N-dealkylation sites (tertiary alicyclic amines) is 1. The third-order valence-electron chi connectivity index (χ3n) is 6.35. The van der Waals surface area contributed by atoms with E-state index in [0.717, 1.165) is 82.4 Å². The molecule has 0 bridgehead atoms. The maximum atomic E-state index is 12.3. The van der Waals surface area contributed by atoms with Gasteiger partial charge in [-0.25, -0.2) is 13.1 Å². The summed E-state index contributed by atoms with van der Waals surface area (Å²) < 4.78 is 24.8. The zero-order chi connectivity index (χ0) is 18.1. The largest absolute Gasteiger partial charge is 0.303 e. The van der Waals surface area contributed by atoms with Gasteiger partial charge in [-0.2, -0.15) is 5.10 Å². The molecule has 1 aromatic rings. The average molecular weight is 380 g/mol. The molecule has 4 rings (SSSR count). The number of aromatic nitrogens is 2. The van der Waals surface area contributed by atoms with E-state index in [2.05, 4.69) is 10.00 Å². The number of hydrogen-bond donors (Lipinski definition) is 0. The molecule has 2 fully saturated rings. The summed E-state index contributed by atoms with van der Waals surface area (Å²) in [6.07, 6.45) is 6.94. The lowest BCUT2D eigenvalue weighted by Gasteiger charge is -2.35. The highest BCUT2D eigenvalue weighted by Crippen LogP contribution is 2.24. The van der Waals surface area contributed by atoms with Crippen LogP contribution in [0, 0.1) is 11.8 Å².